The van der Waals surface area contributed by atoms with Gasteiger partial charge in [-0.15, -0.1) is 11.3 Å². The molecule has 0 spiro atoms. The van der Waals surface area contributed by atoms with Crippen LogP contribution < -0.4 is 10.5 Å². The van der Waals surface area contributed by atoms with E-state index in [2.05, 4.69) is 19.3 Å². The number of nitrogens with zero attached hydrogens (tertiary/aromatic N) is 5. The van der Waals surface area contributed by atoms with Crippen molar-refractivity contribution in [3.63, 3.8) is 0 Å². The van der Waals surface area contributed by atoms with Crippen LogP contribution in [0.15, 0.2) is 47.3 Å². The van der Waals surface area contributed by atoms with Crippen LogP contribution in [0, 0.1) is 17.7 Å². The van der Waals surface area contributed by atoms with E-state index in [1.165, 1.54) is 23.5 Å². The predicted octanol–water partition coefficient (Wildman–Crippen LogP) is 4.21. The van der Waals surface area contributed by atoms with E-state index in [1.807, 2.05) is 36.3 Å². The maximum Gasteiger partial charge on any atom is 0.284 e. The third-order valence-corrected chi connectivity index (χ3v) is 7.91. The number of amides is 1. The summed E-state index contributed by atoms with van der Waals surface area (Å²) in [5, 5.41) is 2.24. The largest absolute Gasteiger partial charge is 0.474 e. The molecule has 2 N–H and O–H groups in total. The first kappa shape index (κ1) is 23.1. The van der Waals surface area contributed by atoms with Crippen LogP contribution in [-0.4, -0.2) is 49.3 Å². The second kappa shape index (κ2) is 8.68. The summed E-state index contributed by atoms with van der Waals surface area (Å²) >= 11 is 2.57. The Morgan fingerprint density at radius 3 is 2.56 bits per heavy atom. The number of nitrogens with two attached hydrogens (primary N) is 1. The molecule has 2 fully saturated rings. The Labute approximate surface area is 215 Å². The number of pyridine rings is 1. The number of aromatic nitrogens is 4. The average Bonchev–Trinajstić information content (AvgIpc) is 3.41. The molecule has 6 rings (SSSR count). The molecular weight excluding hydrogens is 499 g/mol. The zero-order valence-corrected chi connectivity index (χ0v) is 21.2. The normalized spacial score (nSPS) is 20.9. The van der Waals surface area contributed by atoms with Crippen molar-refractivity contribution in [3.05, 3.63) is 63.7 Å². The van der Waals surface area contributed by atoms with Crippen molar-refractivity contribution in [1.29, 1.82) is 0 Å². The summed E-state index contributed by atoms with van der Waals surface area (Å²) in [7, 11) is 0. The lowest BCUT2D eigenvalue weighted by atomic mass is 9.95. The number of halogens is 1. The Balaban J connectivity index is 1.15. The van der Waals surface area contributed by atoms with Crippen LogP contribution in [0.1, 0.15) is 29.2 Å². The summed E-state index contributed by atoms with van der Waals surface area (Å²) in [5.74, 6) is 1.04. The van der Waals surface area contributed by atoms with E-state index < -0.39 is 5.54 Å². The maximum absolute atomic E-state index is 13.4. The van der Waals surface area contributed by atoms with Gasteiger partial charge < -0.3 is 15.4 Å². The summed E-state index contributed by atoms with van der Waals surface area (Å²) in [4.78, 5) is 28.0. The topological polar surface area (TPSA) is 107 Å². The Morgan fingerprint density at radius 2 is 1.89 bits per heavy atom. The Bertz CT molecular complexity index is 1410. The van der Waals surface area contributed by atoms with Crippen LogP contribution in [0.2, 0.25) is 0 Å². The van der Waals surface area contributed by atoms with Crippen molar-refractivity contribution >= 4 is 28.8 Å². The zero-order valence-electron chi connectivity index (χ0n) is 19.6. The first-order valence-corrected chi connectivity index (χ1v) is 13.2. The van der Waals surface area contributed by atoms with E-state index in [0.29, 0.717) is 41.2 Å². The minimum Gasteiger partial charge on any atom is -0.474 e. The van der Waals surface area contributed by atoms with Crippen molar-refractivity contribution in [1.82, 2.24) is 24.2 Å². The second-order valence-electron chi connectivity index (χ2n) is 9.73. The fourth-order valence-electron chi connectivity index (χ4n) is 4.53. The predicted molar refractivity (Wildman–Crippen MR) is 135 cm³/mol. The van der Waals surface area contributed by atoms with E-state index >= 15 is 0 Å². The van der Waals surface area contributed by atoms with Gasteiger partial charge in [0.1, 0.15) is 17.6 Å². The molecule has 4 heterocycles. The molecule has 1 aliphatic carbocycles. The number of hydrogen-bond donors (Lipinski definition) is 1. The van der Waals surface area contributed by atoms with Gasteiger partial charge in [0, 0.05) is 47.5 Å². The van der Waals surface area contributed by atoms with Gasteiger partial charge in [0.25, 0.3) is 5.91 Å². The lowest BCUT2D eigenvalue weighted by Crippen LogP contribution is -2.33. The molecule has 1 unspecified atom stereocenters. The Kier molecular flexibility index (Phi) is 5.58. The molecule has 1 saturated carbocycles. The molecule has 1 saturated heterocycles. The van der Waals surface area contributed by atoms with E-state index in [0.717, 1.165) is 22.7 Å². The number of thiazole rings is 1. The SMILES string of the molecule is CC(C)(N)c1cc(OC2[C@H]3CN(C(=O)c4nc(-c5cscn5)ns4)C[C@@H]23)nc(-c2ccc(F)cc2)c1. The number of rotatable bonds is 6. The molecule has 36 heavy (non-hydrogen) atoms. The second-order valence-corrected chi connectivity index (χ2v) is 11.2. The van der Waals surface area contributed by atoms with Crippen LogP contribution in [0.25, 0.3) is 22.8 Å². The lowest BCUT2D eigenvalue weighted by molar-refractivity contribution is 0.0751. The van der Waals surface area contributed by atoms with Gasteiger partial charge in [-0.2, -0.15) is 4.37 Å². The van der Waals surface area contributed by atoms with Crippen molar-refractivity contribution in [2.75, 3.05) is 13.1 Å². The molecule has 4 aromatic rings. The van der Waals surface area contributed by atoms with Crippen molar-refractivity contribution in [2.24, 2.45) is 17.6 Å². The molecule has 3 atom stereocenters. The highest BCUT2D eigenvalue weighted by molar-refractivity contribution is 7.08. The number of carbonyl (C=O) groups excluding carboxylic acids is 1. The van der Waals surface area contributed by atoms with Crippen molar-refractivity contribution in [3.8, 4) is 28.7 Å². The van der Waals surface area contributed by atoms with E-state index in [9.17, 15) is 9.18 Å². The van der Waals surface area contributed by atoms with E-state index in [4.69, 9.17) is 10.5 Å². The number of piperidine rings is 1. The Hall–Kier alpha value is -3.28. The van der Waals surface area contributed by atoms with Crippen LogP contribution in [0.3, 0.4) is 0 Å². The molecule has 0 bridgehead atoms. The molecule has 184 valence electrons. The molecular formula is C25H23FN6O2S2. The molecule has 0 radical (unpaired) electrons. The average molecular weight is 523 g/mol. The summed E-state index contributed by atoms with van der Waals surface area (Å²) in [6.45, 7) is 5.05. The summed E-state index contributed by atoms with van der Waals surface area (Å²) in [5.41, 5.74) is 10.5. The van der Waals surface area contributed by atoms with Crippen LogP contribution >= 0.6 is 22.9 Å². The molecule has 1 amide bonds. The van der Waals surface area contributed by atoms with Crippen molar-refractivity contribution < 1.29 is 13.9 Å². The first-order chi connectivity index (χ1) is 17.3. The van der Waals surface area contributed by atoms with E-state index in [-0.39, 0.29) is 29.7 Å². The smallest absolute Gasteiger partial charge is 0.284 e. The summed E-state index contributed by atoms with van der Waals surface area (Å²) in [6, 6.07) is 9.98. The quantitative estimate of drug-likeness (QED) is 0.404. The van der Waals surface area contributed by atoms with Gasteiger partial charge in [0.2, 0.25) is 10.9 Å². The van der Waals surface area contributed by atoms with Gasteiger partial charge in [0.15, 0.2) is 5.82 Å². The zero-order chi connectivity index (χ0) is 25.0. The number of fused-ring (bicyclic) bond motifs is 1. The van der Waals surface area contributed by atoms with Gasteiger partial charge in [-0.25, -0.2) is 19.3 Å². The maximum atomic E-state index is 13.4. The highest BCUT2D eigenvalue weighted by Crippen LogP contribution is 2.48. The van der Waals surface area contributed by atoms with E-state index in [1.54, 1.807) is 17.6 Å². The molecule has 2 aliphatic rings. The molecule has 11 heteroatoms. The minimum atomic E-state index is -0.600. The monoisotopic (exact) mass is 522 g/mol. The molecule has 1 aromatic carbocycles. The minimum absolute atomic E-state index is 0.0151. The fraction of sp³-hybridized carbons (Fsp3) is 0.320. The fourth-order valence-corrected chi connectivity index (χ4v) is 5.70. The van der Waals surface area contributed by atoms with Gasteiger partial charge in [-0.05, 0) is 61.3 Å². The highest BCUT2D eigenvalue weighted by atomic mass is 32.1. The number of benzene rings is 1. The number of likely N-dealkylation sites (tertiary alicyclic amines) is 1. The molecule has 1 aliphatic heterocycles. The van der Waals surface area contributed by atoms with Gasteiger partial charge in [-0.1, -0.05) is 0 Å². The number of ether oxygens (including phenoxy) is 1. The summed E-state index contributed by atoms with van der Waals surface area (Å²) in [6.07, 6.45) is -0.0151. The van der Waals surface area contributed by atoms with Crippen molar-refractivity contribution in [2.45, 2.75) is 25.5 Å². The summed E-state index contributed by atoms with van der Waals surface area (Å²) < 4.78 is 24.0. The Morgan fingerprint density at radius 1 is 1.14 bits per heavy atom. The standard InChI is InChI=1S/C25H23FN6O2S2/c1-25(2,27)14-7-18(13-3-5-15(26)6-4-13)29-20(8-14)34-21-16-9-32(10-17(16)21)24(33)23-30-22(31-36-23)19-11-35-12-28-19/h3-8,11-12,16-17,21H,9-10,27H2,1-2H3/t16-,17+,21?. The van der Waals surface area contributed by atoms with Crippen LogP contribution in [0.4, 0.5) is 4.39 Å². The first-order valence-electron chi connectivity index (χ1n) is 11.5. The molecule has 8 nitrogen and oxygen atoms in total. The van der Waals surface area contributed by atoms with Gasteiger partial charge in [-0.3, -0.25) is 4.79 Å². The highest BCUT2D eigenvalue weighted by Gasteiger charge is 2.59. The third kappa shape index (κ3) is 4.38. The van der Waals surface area contributed by atoms with Crippen LogP contribution in [-0.2, 0) is 5.54 Å². The number of hydrogen-bond acceptors (Lipinski definition) is 9. The van der Waals surface area contributed by atoms with Gasteiger partial charge in [0.05, 0.1) is 11.2 Å². The number of carbonyl (C=O) groups is 1. The lowest BCUT2D eigenvalue weighted by Gasteiger charge is -2.22. The molecule has 3 aromatic heterocycles. The third-order valence-electron chi connectivity index (χ3n) is 6.62. The van der Waals surface area contributed by atoms with Gasteiger partial charge >= 0.3 is 0 Å². The van der Waals surface area contributed by atoms with Crippen LogP contribution in [0.5, 0.6) is 5.88 Å².